The summed E-state index contributed by atoms with van der Waals surface area (Å²) in [5.41, 5.74) is 2.38. The molecule has 0 spiro atoms. The minimum Gasteiger partial charge on any atom is -0.325 e. The molecule has 2 nitrogen and oxygen atoms in total. The molecule has 0 aliphatic carbocycles. The molecule has 0 saturated carbocycles. The van der Waals surface area contributed by atoms with Crippen LogP contribution >= 0.6 is 0 Å². The van der Waals surface area contributed by atoms with E-state index in [9.17, 15) is 0 Å². The molecule has 1 heterocycles. The topological polar surface area (TPSA) is 17.8 Å². The van der Waals surface area contributed by atoms with Crippen LogP contribution in [0.1, 0.15) is 45.0 Å². The highest BCUT2D eigenvalue weighted by molar-refractivity contribution is 5.76. The number of para-hydroxylation sites is 2. The molecule has 0 aliphatic rings. The molecule has 2 heteroatoms. The first-order chi connectivity index (χ1) is 7.74. The van der Waals surface area contributed by atoms with E-state index in [1.807, 2.05) is 0 Å². The zero-order chi connectivity index (χ0) is 11.5. The Kier molecular flexibility index (Phi) is 3.28. The van der Waals surface area contributed by atoms with E-state index in [-0.39, 0.29) is 0 Å². The number of fused-ring (bicyclic) bond motifs is 1. The summed E-state index contributed by atoms with van der Waals surface area (Å²) >= 11 is 0. The van der Waals surface area contributed by atoms with Gasteiger partial charge in [-0.05, 0) is 32.4 Å². The van der Waals surface area contributed by atoms with Gasteiger partial charge in [0.15, 0.2) is 0 Å². The van der Waals surface area contributed by atoms with Gasteiger partial charge >= 0.3 is 0 Å². The molecule has 0 amide bonds. The molecule has 2 aromatic rings. The van der Waals surface area contributed by atoms with Crippen LogP contribution < -0.4 is 0 Å². The number of aryl methyl sites for hydroxylation is 1. The maximum Gasteiger partial charge on any atom is 0.106 e. The summed E-state index contributed by atoms with van der Waals surface area (Å²) in [4.78, 5) is 4.61. The highest BCUT2D eigenvalue weighted by Gasteiger charge is 2.11. The van der Waals surface area contributed by atoms with Crippen molar-refractivity contribution in [2.45, 2.75) is 46.1 Å². The number of nitrogens with zero attached hydrogens (tertiary/aromatic N) is 2. The Balaban J connectivity index is 2.38. The van der Waals surface area contributed by atoms with Crippen LogP contribution in [-0.4, -0.2) is 9.55 Å². The summed E-state index contributed by atoms with van der Waals surface area (Å²) in [6.45, 7) is 6.63. The monoisotopic (exact) mass is 216 g/mol. The molecule has 0 bridgehead atoms. The Hall–Kier alpha value is -1.31. The Bertz CT molecular complexity index is 471. The fraction of sp³-hybridized carbons (Fsp3) is 0.500. The zero-order valence-corrected chi connectivity index (χ0v) is 10.4. The Labute approximate surface area is 97.3 Å². The molecule has 16 heavy (non-hydrogen) atoms. The second kappa shape index (κ2) is 4.69. The summed E-state index contributed by atoms with van der Waals surface area (Å²) in [7, 11) is 0. The van der Waals surface area contributed by atoms with E-state index in [0.29, 0.717) is 6.04 Å². The first kappa shape index (κ1) is 11.2. The summed E-state index contributed by atoms with van der Waals surface area (Å²) in [5, 5.41) is 0. The molecule has 0 fully saturated rings. The molecule has 1 atom stereocenters. The van der Waals surface area contributed by atoms with Crippen molar-refractivity contribution in [3.8, 4) is 0 Å². The molecule has 1 aromatic heterocycles. The van der Waals surface area contributed by atoms with Gasteiger partial charge in [0.25, 0.3) is 0 Å². The molecule has 1 aromatic carbocycles. The number of imidazole rings is 1. The minimum atomic E-state index is 0.548. The lowest BCUT2D eigenvalue weighted by atomic mass is 10.1. The third-order valence-corrected chi connectivity index (χ3v) is 3.19. The maximum absolute atomic E-state index is 4.61. The van der Waals surface area contributed by atoms with Crippen molar-refractivity contribution in [3.05, 3.63) is 30.1 Å². The van der Waals surface area contributed by atoms with E-state index in [2.05, 4.69) is 54.6 Å². The van der Waals surface area contributed by atoms with Gasteiger partial charge in [-0.3, -0.25) is 0 Å². The summed E-state index contributed by atoms with van der Waals surface area (Å²) < 4.78 is 2.37. The molecular weight excluding hydrogens is 196 g/mol. The zero-order valence-electron chi connectivity index (χ0n) is 10.4. The number of hydrogen-bond donors (Lipinski definition) is 0. The molecule has 0 aliphatic heterocycles. The lowest BCUT2D eigenvalue weighted by Gasteiger charge is -2.15. The quantitative estimate of drug-likeness (QED) is 0.752. The number of aromatic nitrogens is 2. The summed E-state index contributed by atoms with van der Waals surface area (Å²) in [5.74, 6) is 1.13. The van der Waals surface area contributed by atoms with E-state index < -0.39 is 0 Å². The predicted octanol–water partition coefficient (Wildman–Crippen LogP) is 4.10. The molecule has 86 valence electrons. The van der Waals surface area contributed by atoms with Crippen LogP contribution in [0.3, 0.4) is 0 Å². The van der Waals surface area contributed by atoms with Crippen molar-refractivity contribution in [1.82, 2.24) is 9.55 Å². The van der Waals surface area contributed by atoms with E-state index in [1.54, 1.807) is 0 Å². The van der Waals surface area contributed by atoms with Crippen molar-refractivity contribution in [2.75, 3.05) is 0 Å². The number of unbranched alkanes of at least 4 members (excludes halogenated alkanes) is 1. The molecule has 2 rings (SSSR count). The van der Waals surface area contributed by atoms with Crippen LogP contribution in [-0.2, 0) is 0 Å². The Morgan fingerprint density at radius 1 is 1.31 bits per heavy atom. The lowest BCUT2D eigenvalue weighted by Crippen LogP contribution is -2.06. The lowest BCUT2D eigenvalue weighted by molar-refractivity contribution is 0.487. The van der Waals surface area contributed by atoms with Gasteiger partial charge in [0.05, 0.1) is 11.0 Å². The summed E-state index contributed by atoms with van der Waals surface area (Å²) in [6, 6.07) is 8.94. The second-order valence-electron chi connectivity index (χ2n) is 4.51. The molecule has 0 N–H and O–H groups in total. The fourth-order valence-corrected chi connectivity index (χ4v) is 2.35. The van der Waals surface area contributed by atoms with Crippen molar-refractivity contribution in [2.24, 2.45) is 0 Å². The van der Waals surface area contributed by atoms with Crippen LogP contribution in [0.2, 0.25) is 0 Å². The maximum atomic E-state index is 4.61. The van der Waals surface area contributed by atoms with Crippen molar-refractivity contribution in [1.29, 1.82) is 0 Å². The van der Waals surface area contributed by atoms with E-state index in [4.69, 9.17) is 0 Å². The smallest absolute Gasteiger partial charge is 0.106 e. The summed E-state index contributed by atoms with van der Waals surface area (Å²) in [6.07, 6.45) is 3.78. The van der Waals surface area contributed by atoms with Crippen molar-refractivity contribution < 1.29 is 0 Å². The predicted molar refractivity (Wildman–Crippen MR) is 68.7 cm³/mol. The number of rotatable bonds is 4. The highest BCUT2D eigenvalue weighted by atomic mass is 15.1. The second-order valence-corrected chi connectivity index (χ2v) is 4.51. The first-order valence-corrected chi connectivity index (χ1v) is 6.17. The third-order valence-electron chi connectivity index (χ3n) is 3.19. The minimum absolute atomic E-state index is 0.548. The van der Waals surface area contributed by atoms with Gasteiger partial charge in [0.2, 0.25) is 0 Å². The van der Waals surface area contributed by atoms with Crippen LogP contribution in [0.4, 0.5) is 0 Å². The Morgan fingerprint density at radius 2 is 2.06 bits per heavy atom. The largest absolute Gasteiger partial charge is 0.325 e. The van der Waals surface area contributed by atoms with E-state index in [0.717, 1.165) is 11.3 Å². The standard InChI is InChI=1S/C14H20N2/c1-4-5-8-11(2)16-12(3)15-13-9-6-7-10-14(13)16/h6-7,9-11H,4-5,8H2,1-3H3. The molecule has 0 radical (unpaired) electrons. The average Bonchev–Trinajstić information content (AvgIpc) is 2.62. The normalized spacial score (nSPS) is 13.2. The van der Waals surface area contributed by atoms with Gasteiger partial charge in [-0.1, -0.05) is 31.9 Å². The number of hydrogen-bond acceptors (Lipinski definition) is 1. The fourth-order valence-electron chi connectivity index (χ4n) is 2.35. The SMILES string of the molecule is CCCCC(C)n1c(C)nc2ccccc21. The molecule has 0 saturated heterocycles. The van der Waals surface area contributed by atoms with Crippen LogP contribution in [0.25, 0.3) is 11.0 Å². The van der Waals surface area contributed by atoms with Crippen LogP contribution in [0, 0.1) is 6.92 Å². The van der Waals surface area contributed by atoms with Gasteiger partial charge in [0.1, 0.15) is 5.82 Å². The van der Waals surface area contributed by atoms with Crippen molar-refractivity contribution >= 4 is 11.0 Å². The van der Waals surface area contributed by atoms with Crippen LogP contribution in [0.5, 0.6) is 0 Å². The molecular formula is C14H20N2. The van der Waals surface area contributed by atoms with Gasteiger partial charge in [-0.25, -0.2) is 4.98 Å². The van der Waals surface area contributed by atoms with Gasteiger partial charge < -0.3 is 4.57 Å². The average molecular weight is 216 g/mol. The van der Waals surface area contributed by atoms with Gasteiger partial charge in [-0.15, -0.1) is 0 Å². The molecule has 1 unspecified atom stereocenters. The number of benzene rings is 1. The highest BCUT2D eigenvalue weighted by Crippen LogP contribution is 2.23. The first-order valence-electron chi connectivity index (χ1n) is 6.17. The Morgan fingerprint density at radius 3 is 2.81 bits per heavy atom. The third kappa shape index (κ3) is 1.97. The van der Waals surface area contributed by atoms with Gasteiger partial charge in [0, 0.05) is 6.04 Å². The van der Waals surface area contributed by atoms with Crippen LogP contribution in [0.15, 0.2) is 24.3 Å². The van der Waals surface area contributed by atoms with Crippen molar-refractivity contribution in [3.63, 3.8) is 0 Å². The van der Waals surface area contributed by atoms with Gasteiger partial charge in [-0.2, -0.15) is 0 Å². The van der Waals surface area contributed by atoms with E-state index >= 15 is 0 Å². The van der Waals surface area contributed by atoms with E-state index in [1.165, 1.54) is 24.8 Å².